The van der Waals surface area contributed by atoms with E-state index in [0.29, 0.717) is 5.41 Å². The number of rotatable bonds is 8. The van der Waals surface area contributed by atoms with Crippen molar-refractivity contribution >= 4 is 50.5 Å². The van der Waals surface area contributed by atoms with Gasteiger partial charge < -0.3 is 9.47 Å². The molecule has 84 heavy (non-hydrogen) atoms. The normalized spacial score (nSPS) is 22.3. The van der Waals surface area contributed by atoms with E-state index in [1.807, 2.05) is 0 Å². The average Bonchev–Trinajstić information content (AvgIpc) is 1.39. The zero-order chi connectivity index (χ0) is 56.4. The maximum absolute atomic E-state index is 2.69. The third-order valence-electron chi connectivity index (χ3n) is 21.8. The summed E-state index contributed by atoms with van der Waals surface area (Å²) in [7, 11) is 0. The number of aromatic nitrogens is 1. The molecule has 4 fully saturated rings. The van der Waals surface area contributed by atoms with Crippen molar-refractivity contribution < 1.29 is 0 Å². The molecule has 2 bridgehead atoms. The molecule has 1 aromatic heterocycles. The van der Waals surface area contributed by atoms with Crippen molar-refractivity contribution in [1.82, 2.24) is 4.57 Å². The lowest BCUT2D eigenvalue weighted by molar-refractivity contribution is -0.231. The smallest absolute Gasteiger partial charge is 0.0541 e. The van der Waals surface area contributed by atoms with E-state index in [4.69, 9.17) is 0 Å². The third kappa shape index (κ3) is 6.98. The maximum atomic E-state index is 2.69. The second-order valence-electron chi connectivity index (χ2n) is 28.0. The maximum Gasteiger partial charge on any atom is 0.0541 e. The Morgan fingerprint density at radius 2 is 1.02 bits per heavy atom. The van der Waals surface area contributed by atoms with E-state index >= 15 is 0 Å². The average molecular weight is 1090 g/mol. The van der Waals surface area contributed by atoms with Gasteiger partial charge in [0.05, 0.1) is 28.1 Å². The molecule has 6 unspecified atom stereocenters. The highest BCUT2D eigenvalue weighted by Gasteiger charge is 2.84. The lowest BCUT2D eigenvalue weighted by Crippen LogP contribution is -2.73. The summed E-state index contributed by atoms with van der Waals surface area (Å²) in [6.07, 6.45) is 10.1. The fourth-order valence-electron chi connectivity index (χ4n) is 18.4. The Balaban J connectivity index is 0.904. The number of hydrogen-bond donors (Lipinski definition) is 0. The first-order chi connectivity index (χ1) is 40.9. The Morgan fingerprint density at radius 3 is 1.75 bits per heavy atom. The Hall–Kier alpha value is -8.46. The van der Waals surface area contributed by atoms with Crippen LogP contribution in [0.2, 0.25) is 0 Å². The number of benzene rings is 10. The van der Waals surface area contributed by atoms with E-state index in [-0.39, 0.29) is 16.2 Å². The quantitative estimate of drug-likeness (QED) is 0.147. The number of para-hydroxylation sites is 5. The molecule has 0 aliphatic heterocycles. The molecule has 1 heterocycles. The van der Waals surface area contributed by atoms with Crippen LogP contribution in [0.25, 0.3) is 83.6 Å². The van der Waals surface area contributed by atoms with E-state index in [9.17, 15) is 0 Å². The topological polar surface area (TPSA) is 8.17 Å². The lowest BCUT2D eigenvalue weighted by atomic mass is 9.27. The van der Waals surface area contributed by atoms with Crippen molar-refractivity contribution in [1.29, 1.82) is 0 Å². The first kappa shape index (κ1) is 50.1. The van der Waals surface area contributed by atoms with Crippen LogP contribution in [-0.2, 0) is 16.2 Å². The molecule has 0 radical (unpaired) electrons. The first-order valence-corrected chi connectivity index (χ1v) is 31.3. The molecule has 11 aromatic rings. The van der Waals surface area contributed by atoms with Gasteiger partial charge in [-0.2, -0.15) is 0 Å². The van der Waals surface area contributed by atoms with E-state index in [0.717, 1.165) is 42.2 Å². The molecule has 6 aliphatic carbocycles. The van der Waals surface area contributed by atoms with Gasteiger partial charge in [0.15, 0.2) is 0 Å². The van der Waals surface area contributed by atoms with Gasteiger partial charge in [-0.05, 0) is 205 Å². The first-order valence-electron chi connectivity index (χ1n) is 31.3. The molecule has 17 rings (SSSR count). The molecule has 0 N–H and O–H groups in total. The third-order valence-corrected chi connectivity index (χ3v) is 21.8. The van der Waals surface area contributed by atoms with Crippen molar-refractivity contribution in [3.63, 3.8) is 0 Å². The number of anilines is 3. The zero-order valence-electron chi connectivity index (χ0n) is 49.4. The zero-order valence-corrected chi connectivity index (χ0v) is 49.4. The van der Waals surface area contributed by atoms with Crippen LogP contribution in [-0.4, -0.2) is 4.57 Å². The van der Waals surface area contributed by atoms with Gasteiger partial charge in [-0.1, -0.05) is 217 Å². The van der Waals surface area contributed by atoms with Crippen molar-refractivity contribution in [2.75, 3.05) is 4.90 Å². The van der Waals surface area contributed by atoms with Gasteiger partial charge in [-0.25, -0.2) is 0 Å². The Kier molecular flexibility index (Phi) is 10.7. The molecule has 0 saturated heterocycles. The fourth-order valence-corrected chi connectivity index (χ4v) is 18.4. The minimum absolute atomic E-state index is 0.0131. The summed E-state index contributed by atoms with van der Waals surface area (Å²) in [5, 5.41) is 5.17. The van der Waals surface area contributed by atoms with Crippen LogP contribution in [0.15, 0.2) is 224 Å². The predicted octanol–water partition coefficient (Wildman–Crippen LogP) is 20.0. The van der Waals surface area contributed by atoms with Gasteiger partial charge in [0.1, 0.15) is 0 Å². The summed E-state index contributed by atoms with van der Waals surface area (Å²) in [5.74, 6) is 3.32. The van der Waals surface area contributed by atoms with Crippen LogP contribution in [0.3, 0.4) is 0 Å². The van der Waals surface area contributed by atoms with Crippen LogP contribution in [0, 0.1) is 29.1 Å². The molecule has 4 saturated carbocycles. The van der Waals surface area contributed by atoms with Gasteiger partial charge >= 0.3 is 0 Å². The minimum Gasteiger partial charge on any atom is -0.309 e. The predicted molar refractivity (Wildman–Crippen MR) is 352 cm³/mol. The minimum atomic E-state index is -0.0131. The van der Waals surface area contributed by atoms with Gasteiger partial charge in [0, 0.05) is 38.6 Å². The molecular formula is C82H72N2. The highest BCUT2D eigenvalue weighted by molar-refractivity contribution is 6.11. The second kappa shape index (κ2) is 18.0. The number of nitrogens with zero attached hydrogens (tertiary/aromatic N) is 2. The van der Waals surface area contributed by atoms with E-state index in [2.05, 4.69) is 282 Å². The van der Waals surface area contributed by atoms with Crippen molar-refractivity contribution in [2.24, 2.45) is 29.1 Å². The Labute approximate surface area is 495 Å². The second-order valence-corrected chi connectivity index (χ2v) is 28.0. The molecule has 2 spiro atoms. The summed E-state index contributed by atoms with van der Waals surface area (Å²) >= 11 is 0. The molecule has 0 amide bonds. The van der Waals surface area contributed by atoms with Crippen LogP contribution >= 0.6 is 0 Å². The van der Waals surface area contributed by atoms with Gasteiger partial charge in [0.25, 0.3) is 0 Å². The highest BCUT2D eigenvalue weighted by atomic mass is 15.2. The number of hydrogen-bond acceptors (Lipinski definition) is 1. The molecule has 410 valence electrons. The molecular weight excluding hydrogens is 1010 g/mol. The SMILES string of the molecule is CC(C)(C)c1cc(-c2cccc3c2=C(c2ccccc2N(c2ccccc2-c2ccc4c(c2)C2(c5ccccc5-4)C4CC5CC6CC2C64C5)c2ccccc2-c2ccc4c(c2)c2ccccc2n4-c2ccccc2)CCC=3)cc(C(C)(C)C)c1. The van der Waals surface area contributed by atoms with Crippen molar-refractivity contribution in [2.45, 2.75) is 96.3 Å². The van der Waals surface area contributed by atoms with Crippen molar-refractivity contribution in [3.05, 3.63) is 263 Å². The van der Waals surface area contributed by atoms with Crippen LogP contribution in [0.5, 0.6) is 0 Å². The standard InChI is InChI=1S/C82H72N2/c1-79(2,3)56-44-55(45-57(48-56)80(4,5)6)62-31-20-22-52-23-21-32-67(78(52)62)65-29-13-19-37-74(65)84(71-34-16-11-26-60(71)53-39-41-75-68(46-53)66-30-14-18-36-73(66)83(75)59-24-8-7-9-25-59)72-35-17-12-27-61(72)54-38-40-64-63-28-10-15-33-69(63)82(70(64)47-54)76-43-51-42-58-49-77(82)81(58,76)50-51/h7-20,22-31,33-41,44-48,51,58,76-77H,21,32,42-43,49-50H2,1-6H3. The van der Waals surface area contributed by atoms with E-state index in [1.165, 1.54) is 142 Å². The Bertz CT molecular complexity index is 4660. The molecule has 2 heteroatoms. The number of fused-ring (bicyclic) bond motifs is 12. The summed E-state index contributed by atoms with van der Waals surface area (Å²) in [4.78, 5) is 2.66. The van der Waals surface area contributed by atoms with Gasteiger partial charge in [-0.15, -0.1) is 0 Å². The summed E-state index contributed by atoms with van der Waals surface area (Å²) in [6.45, 7) is 14.1. The van der Waals surface area contributed by atoms with Gasteiger partial charge in [-0.3, -0.25) is 0 Å². The largest absolute Gasteiger partial charge is 0.309 e. The summed E-state index contributed by atoms with van der Waals surface area (Å²) in [6, 6.07) is 86.7. The Morgan fingerprint density at radius 1 is 0.440 bits per heavy atom. The van der Waals surface area contributed by atoms with E-state index < -0.39 is 0 Å². The summed E-state index contributed by atoms with van der Waals surface area (Å²) < 4.78 is 2.43. The summed E-state index contributed by atoms with van der Waals surface area (Å²) in [5.41, 5.74) is 26.8. The molecule has 6 aliphatic rings. The molecule has 2 nitrogen and oxygen atoms in total. The van der Waals surface area contributed by atoms with Crippen LogP contribution < -0.4 is 15.3 Å². The highest BCUT2D eigenvalue weighted by Crippen LogP contribution is 2.89. The van der Waals surface area contributed by atoms with Crippen LogP contribution in [0.1, 0.15) is 108 Å². The van der Waals surface area contributed by atoms with Crippen LogP contribution in [0.4, 0.5) is 17.1 Å². The monoisotopic (exact) mass is 1080 g/mol. The fraction of sp³-hybridized carbons (Fsp3) is 0.244. The van der Waals surface area contributed by atoms with Crippen molar-refractivity contribution in [3.8, 4) is 50.2 Å². The van der Waals surface area contributed by atoms with E-state index in [1.54, 1.807) is 11.1 Å². The molecule has 10 aromatic carbocycles. The van der Waals surface area contributed by atoms with Gasteiger partial charge in [0.2, 0.25) is 0 Å². The molecule has 6 atom stereocenters. The lowest BCUT2D eigenvalue weighted by Gasteiger charge is -2.76.